The normalized spacial score (nSPS) is 10.7. The molecule has 0 fully saturated rings. The molecule has 0 saturated heterocycles. The minimum Gasteiger partial charge on any atom is -0.360 e. The van der Waals surface area contributed by atoms with Gasteiger partial charge in [0.05, 0.1) is 18.8 Å². The number of hydrogen-bond donors (Lipinski definition) is 2. The van der Waals surface area contributed by atoms with E-state index in [1.807, 2.05) is 24.8 Å². The third-order valence-electron chi connectivity index (χ3n) is 3.36. The van der Waals surface area contributed by atoms with Crippen LogP contribution in [-0.4, -0.2) is 35.0 Å². The SMILES string of the molecule is CCN(CC(=O)Nc1ccc(NC(C)=O)cc1)Cc1cc(C)no1. The van der Waals surface area contributed by atoms with Gasteiger partial charge < -0.3 is 15.2 Å². The van der Waals surface area contributed by atoms with Crippen LogP contribution in [0.25, 0.3) is 0 Å². The number of carbonyl (C=O) groups is 2. The first kappa shape index (κ1) is 17.7. The van der Waals surface area contributed by atoms with Crippen LogP contribution in [0, 0.1) is 6.92 Å². The molecule has 0 bridgehead atoms. The maximum atomic E-state index is 12.2. The first-order chi connectivity index (χ1) is 11.5. The summed E-state index contributed by atoms with van der Waals surface area (Å²) >= 11 is 0. The highest BCUT2D eigenvalue weighted by molar-refractivity contribution is 5.93. The topological polar surface area (TPSA) is 87.5 Å². The number of nitrogens with zero attached hydrogens (tertiary/aromatic N) is 2. The van der Waals surface area contributed by atoms with Crippen LogP contribution in [0.4, 0.5) is 11.4 Å². The van der Waals surface area contributed by atoms with Gasteiger partial charge in [-0.3, -0.25) is 14.5 Å². The Bertz CT molecular complexity index is 694. The van der Waals surface area contributed by atoms with E-state index in [-0.39, 0.29) is 18.4 Å². The highest BCUT2D eigenvalue weighted by Gasteiger charge is 2.12. The molecular weight excluding hydrogens is 308 g/mol. The standard InChI is InChI=1S/C17H22N4O3/c1-4-21(10-16-9-12(2)20-24-16)11-17(23)19-15-7-5-14(6-8-15)18-13(3)22/h5-9H,4,10-11H2,1-3H3,(H,18,22)(H,19,23). The summed E-state index contributed by atoms with van der Waals surface area (Å²) in [5.41, 5.74) is 2.20. The molecule has 0 saturated carbocycles. The van der Waals surface area contributed by atoms with Crippen molar-refractivity contribution in [2.24, 2.45) is 0 Å². The van der Waals surface area contributed by atoms with Crippen LogP contribution in [0.2, 0.25) is 0 Å². The van der Waals surface area contributed by atoms with Crippen LogP contribution in [-0.2, 0) is 16.1 Å². The third-order valence-corrected chi connectivity index (χ3v) is 3.36. The molecule has 0 aliphatic rings. The molecule has 24 heavy (non-hydrogen) atoms. The Labute approximate surface area is 141 Å². The summed E-state index contributed by atoms with van der Waals surface area (Å²) in [5, 5.41) is 9.37. The molecule has 128 valence electrons. The van der Waals surface area contributed by atoms with E-state index in [9.17, 15) is 9.59 Å². The van der Waals surface area contributed by atoms with Crippen molar-refractivity contribution in [2.75, 3.05) is 23.7 Å². The summed E-state index contributed by atoms with van der Waals surface area (Å²) in [5.74, 6) is 0.496. The summed E-state index contributed by atoms with van der Waals surface area (Å²) in [6.07, 6.45) is 0. The summed E-state index contributed by atoms with van der Waals surface area (Å²) in [4.78, 5) is 25.1. The van der Waals surface area contributed by atoms with Crippen LogP contribution in [0.5, 0.6) is 0 Å². The van der Waals surface area contributed by atoms with E-state index >= 15 is 0 Å². The Morgan fingerprint density at radius 3 is 2.29 bits per heavy atom. The summed E-state index contributed by atoms with van der Waals surface area (Å²) in [6, 6.07) is 8.84. The van der Waals surface area contributed by atoms with Gasteiger partial charge in [0.2, 0.25) is 11.8 Å². The molecule has 1 aromatic heterocycles. The predicted molar refractivity (Wildman–Crippen MR) is 91.6 cm³/mol. The molecule has 2 aromatic rings. The maximum absolute atomic E-state index is 12.2. The number of aromatic nitrogens is 1. The largest absolute Gasteiger partial charge is 0.360 e. The smallest absolute Gasteiger partial charge is 0.238 e. The van der Waals surface area contributed by atoms with Crippen molar-refractivity contribution in [3.63, 3.8) is 0 Å². The van der Waals surface area contributed by atoms with E-state index in [1.54, 1.807) is 24.3 Å². The molecule has 0 aliphatic carbocycles. The lowest BCUT2D eigenvalue weighted by Gasteiger charge is -2.18. The van der Waals surface area contributed by atoms with Crippen LogP contribution in [0.1, 0.15) is 25.3 Å². The van der Waals surface area contributed by atoms with E-state index in [0.717, 1.165) is 11.5 Å². The van der Waals surface area contributed by atoms with Crippen molar-refractivity contribution in [3.8, 4) is 0 Å². The van der Waals surface area contributed by atoms with E-state index in [0.29, 0.717) is 24.5 Å². The lowest BCUT2D eigenvalue weighted by atomic mass is 10.2. The first-order valence-electron chi connectivity index (χ1n) is 7.78. The highest BCUT2D eigenvalue weighted by atomic mass is 16.5. The van der Waals surface area contributed by atoms with Crippen molar-refractivity contribution in [2.45, 2.75) is 27.3 Å². The maximum Gasteiger partial charge on any atom is 0.238 e. The van der Waals surface area contributed by atoms with Crippen molar-refractivity contribution in [1.29, 1.82) is 0 Å². The Morgan fingerprint density at radius 1 is 1.17 bits per heavy atom. The Morgan fingerprint density at radius 2 is 1.79 bits per heavy atom. The fraction of sp³-hybridized carbons (Fsp3) is 0.353. The average Bonchev–Trinajstić information content (AvgIpc) is 2.93. The molecule has 0 atom stereocenters. The quantitative estimate of drug-likeness (QED) is 0.814. The molecule has 2 N–H and O–H groups in total. The number of anilines is 2. The van der Waals surface area contributed by atoms with Gasteiger partial charge in [-0.15, -0.1) is 0 Å². The van der Waals surface area contributed by atoms with Crippen molar-refractivity contribution in [1.82, 2.24) is 10.1 Å². The second-order valence-electron chi connectivity index (χ2n) is 5.54. The number of nitrogens with one attached hydrogen (secondary N) is 2. The molecule has 0 unspecified atom stereocenters. The zero-order valence-electron chi connectivity index (χ0n) is 14.1. The number of amides is 2. The van der Waals surface area contributed by atoms with Gasteiger partial charge in [-0.05, 0) is 37.7 Å². The van der Waals surface area contributed by atoms with Gasteiger partial charge in [-0.2, -0.15) is 0 Å². The Hall–Kier alpha value is -2.67. The van der Waals surface area contributed by atoms with Crippen molar-refractivity contribution < 1.29 is 14.1 Å². The monoisotopic (exact) mass is 330 g/mol. The van der Waals surface area contributed by atoms with Crippen LogP contribution < -0.4 is 10.6 Å². The third kappa shape index (κ3) is 5.51. The number of aryl methyl sites for hydroxylation is 1. The Balaban J connectivity index is 1.87. The highest BCUT2D eigenvalue weighted by Crippen LogP contribution is 2.14. The lowest BCUT2D eigenvalue weighted by molar-refractivity contribution is -0.117. The van der Waals surface area contributed by atoms with Gasteiger partial charge in [0, 0.05) is 24.4 Å². The minimum atomic E-state index is -0.131. The first-order valence-corrected chi connectivity index (χ1v) is 7.78. The van der Waals surface area contributed by atoms with Crippen LogP contribution in [0.15, 0.2) is 34.9 Å². The molecule has 2 rings (SSSR count). The molecular formula is C17H22N4O3. The van der Waals surface area contributed by atoms with Gasteiger partial charge >= 0.3 is 0 Å². The number of rotatable bonds is 7. The Kier molecular flexibility index (Phi) is 6.08. The molecule has 2 amide bonds. The zero-order valence-corrected chi connectivity index (χ0v) is 14.1. The lowest BCUT2D eigenvalue weighted by Crippen LogP contribution is -2.32. The van der Waals surface area contributed by atoms with Crippen LogP contribution >= 0.6 is 0 Å². The van der Waals surface area contributed by atoms with Gasteiger partial charge in [0.15, 0.2) is 5.76 Å². The number of benzene rings is 1. The van der Waals surface area contributed by atoms with Crippen molar-refractivity contribution in [3.05, 3.63) is 41.8 Å². The van der Waals surface area contributed by atoms with E-state index in [2.05, 4.69) is 15.8 Å². The number of likely N-dealkylation sites (N-methyl/N-ethyl adjacent to an activating group) is 1. The van der Waals surface area contributed by atoms with Crippen molar-refractivity contribution >= 4 is 23.2 Å². The molecule has 0 radical (unpaired) electrons. The van der Waals surface area contributed by atoms with Gasteiger partial charge in [0.1, 0.15) is 0 Å². The zero-order chi connectivity index (χ0) is 17.5. The molecule has 1 heterocycles. The fourth-order valence-electron chi connectivity index (χ4n) is 2.23. The van der Waals surface area contributed by atoms with Crippen LogP contribution in [0.3, 0.4) is 0 Å². The molecule has 0 aliphatic heterocycles. The molecule has 7 heteroatoms. The second kappa shape index (κ2) is 8.26. The number of hydrogen-bond acceptors (Lipinski definition) is 5. The van der Waals surface area contributed by atoms with Gasteiger partial charge in [0.25, 0.3) is 0 Å². The average molecular weight is 330 g/mol. The molecule has 1 aromatic carbocycles. The minimum absolute atomic E-state index is 0.111. The van der Waals surface area contributed by atoms with E-state index < -0.39 is 0 Å². The van der Waals surface area contributed by atoms with E-state index in [1.165, 1.54) is 6.92 Å². The molecule has 0 spiro atoms. The summed E-state index contributed by atoms with van der Waals surface area (Å²) < 4.78 is 5.18. The van der Waals surface area contributed by atoms with Gasteiger partial charge in [-0.1, -0.05) is 12.1 Å². The summed E-state index contributed by atoms with van der Waals surface area (Å²) in [6.45, 7) is 6.80. The summed E-state index contributed by atoms with van der Waals surface area (Å²) in [7, 11) is 0. The fourth-order valence-corrected chi connectivity index (χ4v) is 2.23. The second-order valence-corrected chi connectivity index (χ2v) is 5.54. The number of carbonyl (C=O) groups excluding carboxylic acids is 2. The predicted octanol–water partition coefficient (Wildman–Crippen LogP) is 2.40. The van der Waals surface area contributed by atoms with E-state index in [4.69, 9.17) is 4.52 Å². The molecule has 7 nitrogen and oxygen atoms in total. The van der Waals surface area contributed by atoms with Gasteiger partial charge in [-0.25, -0.2) is 0 Å².